The molecule has 2 heterocycles. The van der Waals surface area contributed by atoms with E-state index in [1.807, 2.05) is 0 Å². The molecule has 0 aromatic heterocycles. The Kier molecular flexibility index (Phi) is 5.19. The first-order valence-corrected chi connectivity index (χ1v) is 8.61. The number of hydrogen-bond acceptors (Lipinski definition) is 4. The summed E-state index contributed by atoms with van der Waals surface area (Å²) in [5.41, 5.74) is 5.44. The molecule has 0 bridgehead atoms. The Balaban J connectivity index is 1.97. The summed E-state index contributed by atoms with van der Waals surface area (Å²) in [6.45, 7) is 4.29. The van der Waals surface area contributed by atoms with Crippen molar-refractivity contribution in [3.63, 3.8) is 0 Å². The van der Waals surface area contributed by atoms with Crippen LogP contribution < -0.4 is 5.73 Å². The molecule has 1 atom stereocenters. The van der Waals surface area contributed by atoms with Crippen LogP contribution in [0.5, 0.6) is 0 Å². The third-order valence-electron chi connectivity index (χ3n) is 4.20. The molecule has 7 heteroatoms. The summed E-state index contributed by atoms with van der Waals surface area (Å²) in [6, 6.07) is 0.417. The van der Waals surface area contributed by atoms with Gasteiger partial charge in [0.25, 0.3) is 10.2 Å². The summed E-state index contributed by atoms with van der Waals surface area (Å²) in [7, 11) is -1.65. The molecule has 0 aromatic rings. The second-order valence-corrected chi connectivity index (χ2v) is 7.55. The molecule has 2 rings (SSSR count). The van der Waals surface area contributed by atoms with Crippen LogP contribution in [0.2, 0.25) is 0 Å². The lowest BCUT2D eigenvalue weighted by molar-refractivity contribution is 0.0826. The van der Waals surface area contributed by atoms with Gasteiger partial charge in [-0.1, -0.05) is 6.42 Å². The third-order valence-corrected chi connectivity index (χ3v) is 6.15. The molecule has 112 valence electrons. The minimum atomic E-state index is -3.30. The zero-order chi connectivity index (χ0) is 13.9. The fourth-order valence-electron chi connectivity index (χ4n) is 2.96. The standard InChI is InChI=1S/C12H26N4O2S/c1-14(7-4-6-13)19(17,18)16-10-9-15-8-3-2-5-12(15)11-16/h12H,2-11,13H2,1H3. The van der Waals surface area contributed by atoms with Gasteiger partial charge in [0.15, 0.2) is 0 Å². The van der Waals surface area contributed by atoms with Crippen molar-refractivity contribution in [2.45, 2.75) is 31.7 Å². The number of piperidine rings is 1. The van der Waals surface area contributed by atoms with Crippen molar-refractivity contribution in [3.8, 4) is 0 Å². The van der Waals surface area contributed by atoms with Crippen molar-refractivity contribution in [1.82, 2.24) is 13.5 Å². The fourth-order valence-corrected chi connectivity index (χ4v) is 4.39. The lowest BCUT2D eigenvalue weighted by Crippen LogP contribution is -2.58. The molecule has 2 fully saturated rings. The predicted octanol–water partition coefficient (Wildman–Crippen LogP) is -0.318. The molecule has 2 saturated heterocycles. The summed E-state index contributed by atoms with van der Waals surface area (Å²) in [4.78, 5) is 2.44. The highest BCUT2D eigenvalue weighted by atomic mass is 32.2. The Hall–Kier alpha value is -0.210. The third kappa shape index (κ3) is 3.46. The minimum absolute atomic E-state index is 0.417. The Labute approximate surface area is 116 Å². The van der Waals surface area contributed by atoms with E-state index < -0.39 is 10.2 Å². The Morgan fingerprint density at radius 2 is 2.05 bits per heavy atom. The summed E-state index contributed by atoms with van der Waals surface area (Å²) in [6.07, 6.45) is 4.30. The maximum atomic E-state index is 12.5. The van der Waals surface area contributed by atoms with Crippen LogP contribution in [0.15, 0.2) is 0 Å². The Bertz CT molecular complexity index is 387. The topological polar surface area (TPSA) is 69.9 Å². The van der Waals surface area contributed by atoms with E-state index in [1.54, 1.807) is 11.4 Å². The van der Waals surface area contributed by atoms with Crippen molar-refractivity contribution in [2.24, 2.45) is 5.73 Å². The SMILES string of the molecule is CN(CCCN)S(=O)(=O)N1CCN2CCCCC2C1. The Morgan fingerprint density at radius 3 is 2.79 bits per heavy atom. The van der Waals surface area contributed by atoms with Gasteiger partial charge < -0.3 is 5.73 Å². The van der Waals surface area contributed by atoms with Crippen LogP contribution in [0, 0.1) is 0 Å². The van der Waals surface area contributed by atoms with Crippen LogP contribution >= 0.6 is 0 Å². The van der Waals surface area contributed by atoms with E-state index in [0.29, 0.717) is 38.6 Å². The molecular formula is C12H26N4O2S. The molecule has 6 nitrogen and oxygen atoms in total. The number of rotatable bonds is 5. The van der Waals surface area contributed by atoms with Crippen LogP contribution in [-0.2, 0) is 10.2 Å². The van der Waals surface area contributed by atoms with Crippen molar-refractivity contribution >= 4 is 10.2 Å². The maximum absolute atomic E-state index is 12.5. The van der Waals surface area contributed by atoms with Gasteiger partial charge in [-0.3, -0.25) is 4.90 Å². The smallest absolute Gasteiger partial charge is 0.281 e. The number of hydrogen-bond donors (Lipinski definition) is 1. The highest BCUT2D eigenvalue weighted by Gasteiger charge is 2.35. The fraction of sp³-hybridized carbons (Fsp3) is 1.00. The summed E-state index contributed by atoms with van der Waals surface area (Å²) in [5.74, 6) is 0. The maximum Gasteiger partial charge on any atom is 0.281 e. The van der Waals surface area contributed by atoms with Crippen LogP contribution in [0.25, 0.3) is 0 Å². The molecule has 2 aliphatic rings. The average Bonchev–Trinajstić information content (AvgIpc) is 2.44. The average molecular weight is 290 g/mol. The summed E-state index contributed by atoms with van der Waals surface area (Å²) in [5, 5.41) is 0. The van der Waals surface area contributed by atoms with Crippen molar-refractivity contribution in [1.29, 1.82) is 0 Å². The highest BCUT2D eigenvalue weighted by molar-refractivity contribution is 7.86. The first-order valence-electron chi connectivity index (χ1n) is 7.21. The molecule has 1 unspecified atom stereocenters. The van der Waals surface area contributed by atoms with E-state index in [-0.39, 0.29) is 0 Å². The van der Waals surface area contributed by atoms with Gasteiger partial charge in [-0.15, -0.1) is 0 Å². The molecule has 0 radical (unpaired) electrons. The summed E-state index contributed by atoms with van der Waals surface area (Å²) >= 11 is 0. The zero-order valence-electron chi connectivity index (χ0n) is 11.8. The summed E-state index contributed by atoms with van der Waals surface area (Å²) < 4.78 is 28.0. The Morgan fingerprint density at radius 1 is 1.26 bits per heavy atom. The van der Waals surface area contributed by atoms with E-state index in [1.165, 1.54) is 17.1 Å². The lowest BCUT2D eigenvalue weighted by atomic mass is 10.0. The van der Waals surface area contributed by atoms with Gasteiger partial charge >= 0.3 is 0 Å². The van der Waals surface area contributed by atoms with Crippen molar-refractivity contribution in [3.05, 3.63) is 0 Å². The largest absolute Gasteiger partial charge is 0.330 e. The number of piperazine rings is 1. The highest BCUT2D eigenvalue weighted by Crippen LogP contribution is 2.23. The van der Waals surface area contributed by atoms with Gasteiger partial charge in [0, 0.05) is 39.3 Å². The van der Waals surface area contributed by atoms with Gasteiger partial charge in [0.1, 0.15) is 0 Å². The molecule has 19 heavy (non-hydrogen) atoms. The zero-order valence-corrected chi connectivity index (χ0v) is 12.6. The molecule has 0 amide bonds. The molecule has 0 saturated carbocycles. The van der Waals surface area contributed by atoms with Crippen molar-refractivity contribution in [2.75, 3.05) is 46.3 Å². The van der Waals surface area contributed by atoms with E-state index in [4.69, 9.17) is 5.73 Å². The van der Waals surface area contributed by atoms with Crippen LogP contribution in [-0.4, -0.2) is 74.3 Å². The van der Waals surface area contributed by atoms with Crippen LogP contribution in [0.1, 0.15) is 25.7 Å². The number of fused-ring (bicyclic) bond motifs is 1. The molecular weight excluding hydrogens is 264 g/mol. The van der Waals surface area contributed by atoms with Gasteiger partial charge in [0.2, 0.25) is 0 Å². The van der Waals surface area contributed by atoms with Gasteiger partial charge in [-0.2, -0.15) is 17.0 Å². The molecule has 2 aliphatic heterocycles. The van der Waals surface area contributed by atoms with E-state index in [0.717, 1.165) is 19.5 Å². The van der Waals surface area contributed by atoms with Crippen LogP contribution in [0.3, 0.4) is 0 Å². The van der Waals surface area contributed by atoms with E-state index >= 15 is 0 Å². The van der Waals surface area contributed by atoms with E-state index in [9.17, 15) is 8.42 Å². The van der Waals surface area contributed by atoms with Crippen molar-refractivity contribution < 1.29 is 8.42 Å². The van der Waals surface area contributed by atoms with Crippen LogP contribution in [0.4, 0.5) is 0 Å². The van der Waals surface area contributed by atoms with Gasteiger partial charge in [-0.25, -0.2) is 0 Å². The lowest BCUT2D eigenvalue weighted by Gasteiger charge is -2.44. The first kappa shape index (κ1) is 15.2. The van der Waals surface area contributed by atoms with Gasteiger partial charge in [-0.05, 0) is 32.4 Å². The van der Waals surface area contributed by atoms with Gasteiger partial charge in [0.05, 0.1) is 0 Å². The minimum Gasteiger partial charge on any atom is -0.330 e. The number of nitrogens with two attached hydrogens (primary N) is 1. The second kappa shape index (κ2) is 6.49. The normalized spacial score (nSPS) is 26.6. The molecule has 0 aromatic carbocycles. The molecule has 0 aliphatic carbocycles. The quantitative estimate of drug-likeness (QED) is 0.753. The monoisotopic (exact) mass is 290 g/mol. The predicted molar refractivity (Wildman–Crippen MR) is 76.0 cm³/mol. The van der Waals surface area contributed by atoms with E-state index in [2.05, 4.69) is 4.90 Å². The molecule has 0 spiro atoms. The second-order valence-electron chi connectivity index (χ2n) is 5.52. The first-order chi connectivity index (χ1) is 9.05. The number of nitrogens with zero attached hydrogens (tertiary/aromatic N) is 3. The molecule has 2 N–H and O–H groups in total.